The van der Waals surface area contributed by atoms with E-state index in [0.29, 0.717) is 0 Å². The van der Waals surface area contributed by atoms with Crippen LogP contribution in [0.15, 0.2) is 0 Å². The Kier molecular flexibility index (Phi) is 144. The van der Waals surface area contributed by atoms with Gasteiger partial charge in [-0.25, -0.2) is 0 Å². The first-order valence-electron chi connectivity index (χ1n) is 1.27. The van der Waals surface area contributed by atoms with Gasteiger partial charge in [0.05, 0.1) is 0 Å². The topological polar surface area (TPSA) is 51.2 Å². The molecule has 0 aliphatic rings. The molecule has 0 saturated carbocycles. The SMILES string of the molecule is C=O.C=O.C=O.[Cl][Os]([Cl])[Cl].[Cs]. The minimum absolute atomic E-state index is 0. The van der Waals surface area contributed by atoms with Gasteiger partial charge in [0.2, 0.25) is 0 Å². The first-order valence-corrected chi connectivity index (χ1v) is 10.7. The zero-order chi connectivity index (χ0) is 9.58. The molecular formula is C3H6Cl3CsO3Os. The third kappa shape index (κ3) is 213. The van der Waals surface area contributed by atoms with Crippen molar-refractivity contribution < 1.29 is 27.6 Å². The molecule has 0 bridgehead atoms. The van der Waals surface area contributed by atoms with Crippen molar-refractivity contribution >= 4 is 118 Å². The zero-order valence-corrected chi connectivity index (χ0v) is 16.9. The van der Waals surface area contributed by atoms with Gasteiger partial charge in [-0.05, 0) is 0 Å². The monoisotopic (exact) mass is 520 g/mol. The van der Waals surface area contributed by atoms with E-state index >= 15 is 0 Å². The zero-order valence-electron chi connectivity index (χ0n) is 5.83. The van der Waals surface area contributed by atoms with E-state index in [9.17, 15) is 0 Å². The molecule has 11 heavy (non-hydrogen) atoms. The second-order valence-corrected chi connectivity index (χ2v) is 11.2. The van der Waals surface area contributed by atoms with Gasteiger partial charge in [0.15, 0.2) is 0 Å². The Morgan fingerprint density at radius 2 is 0.727 bits per heavy atom. The Bertz CT molecular complexity index is 45.3. The molecule has 0 aromatic rings. The summed E-state index contributed by atoms with van der Waals surface area (Å²) in [6.07, 6.45) is 0. The average molecular weight is 520 g/mol. The number of carbonyl (C=O) groups excluding carboxylic acids is 3. The summed E-state index contributed by atoms with van der Waals surface area (Å²) in [7, 11) is 14.9. The number of hydrogen-bond donors (Lipinski definition) is 0. The fourth-order valence-electron chi connectivity index (χ4n) is 0. The Morgan fingerprint density at radius 1 is 0.727 bits per heavy atom. The molecule has 66 valence electrons. The molecule has 0 spiro atoms. The quantitative estimate of drug-likeness (QED) is 0.483. The van der Waals surface area contributed by atoms with E-state index in [1.54, 1.807) is 0 Å². The van der Waals surface area contributed by atoms with Gasteiger partial charge >= 0.3 is 42.1 Å². The van der Waals surface area contributed by atoms with E-state index in [-0.39, 0.29) is 68.9 Å². The first kappa shape index (κ1) is 29.2. The molecule has 8 heteroatoms. The van der Waals surface area contributed by atoms with Gasteiger partial charge in [0.25, 0.3) is 0 Å². The molecule has 0 aliphatic heterocycles. The van der Waals surface area contributed by atoms with Crippen molar-refractivity contribution in [2.75, 3.05) is 0 Å². The molecule has 0 aromatic carbocycles. The Labute approximate surface area is 142 Å². The van der Waals surface area contributed by atoms with Gasteiger partial charge in [-0.2, -0.15) is 0 Å². The van der Waals surface area contributed by atoms with Crippen LogP contribution in [0.25, 0.3) is 0 Å². The molecule has 3 nitrogen and oxygen atoms in total. The van der Waals surface area contributed by atoms with Crippen LogP contribution in [0.1, 0.15) is 0 Å². The van der Waals surface area contributed by atoms with E-state index in [4.69, 9.17) is 43.3 Å². The van der Waals surface area contributed by atoms with E-state index < -0.39 is 13.2 Å². The maximum absolute atomic E-state index is 8.00. The molecule has 0 aliphatic carbocycles. The summed E-state index contributed by atoms with van der Waals surface area (Å²) >= 11 is -1.98. The summed E-state index contributed by atoms with van der Waals surface area (Å²) in [5.74, 6) is 0. The molecule has 0 fully saturated rings. The third-order valence-corrected chi connectivity index (χ3v) is 0. The normalized spacial score (nSPS) is 5.18. The molecular weight excluding hydrogens is 514 g/mol. The van der Waals surface area contributed by atoms with Crippen molar-refractivity contribution in [1.82, 2.24) is 0 Å². The van der Waals surface area contributed by atoms with Gasteiger partial charge in [0, 0.05) is 68.9 Å². The predicted molar refractivity (Wildman–Crippen MR) is 44.7 cm³/mol. The number of halogens is 3. The Hall–Kier alpha value is 2.57. The summed E-state index contributed by atoms with van der Waals surface area (Å²) in [6, 6.07) is 0. The largest absolute Gasteiger partial charge is 0 e. The maximum Gasteiger partial charge on any atom is 0 e. The number of hydrogen-bond acceptors (Lipinski definition) is 3. The van der Waals surface area contributed by atoms with Crippen molar-refractivity contribution in [2.45, 2.75) is 0 Å². The minimum Gasteiger partial charge on any atom is 0 e. The van der Waals surface area contributed by atoms with E-state index in [1.165, 1.54) is 0 Å². The second-order valence-electron chi connectivity index (χ2n) is 0.152. The smallest absolute Gasteiger partial charge is 0 e. The van der Waals surface area contributed by atoms with E-state index in [2.05, 4.69) is 0 Å². The van der Waals surface area contributed by atoms with Crippen LogP contribution in [0.5, 0.6) is 0 Å². The predicted octanol–water partition coefficient (Wildman–Crippen LogP) is 1.13. The minimum atomic E-state index is -1.98. The van der Waals surface area contributed by atoms with Crippen LogP contribution in [0.2, 0.25) is 0 Å². The van der Waals surface area contributed by atoms with Crippen LogP contribution in [-0.4, -0.2) is 89.3 Å². The van der Waals surface area contributed by atoms with Gasteiger partial charge in [-0.1, -0.05) is 0 Å². The summed E-state index contributed by atoms with van der Waals surface area (Å²) in [5, 5.41) is 0. The maximum atomic E-state index is 8.00. The van der Waals surface area contributed by atoms with Crippen LogP contribution in [-0.2, 0) is 27.6 Å². The summed E-state index contributed by atoms with van der Waals surface area (Å²) in [4.78, 5) is 24.0. The van der Waals surface area contributed by atoms with Crippen LogP contribution in [0, 0.1) is 0 Å². The average Bonchev–Trinajstić information content (AvgIpc) is 1.98. The molecule has 0 N–H and O–H groups in total. The number of carbonyl (C=O) groups is 3. The van der Waals surface area contributed by atoms with Gasteiger partial charge < -0.3 is 14.4 Å². The molecule has 0 aromatic heterocycles. The second kappa shape index (κ2) is 54.2. The molecule has 0 atom stereocenters. The summed E-state index contributed by atoms with van der Waals surface area (Å²) in [6.45, 7) is 6.00. The molecule has 0 unspecified atom stereocenters. The standard InChI is InChI=1S/3CH2O.3ClH.Cs.Os/c3*1-2;;;;;/h3*1H2;3*1H;;/q;;;;;;;+3/p-3. The van der Waals surface area contributed by atoms with Crippen LogP contribution in [0.4, 0.5) is 0 Å². The molecule has 1 radical (unpaired) electrons. The Morgan fingerprint density at radius 3 is 0.727 bits per heavy atom. The van der Waals surface area contributed by atoms with Crippen molar-refractivity contribution in [3.63, 3.8) is 0 Å². The van der Waals surface area contributed by atoms with Gasteiger partial charge in [0.1, 0.15) is 20.4 Å². The van der Waals surface area contributed by atoms with Crippen LogP contribution < -0.4 is 0 Å². The van der Waals surface area contributed by atoms with Crippen molar-refractivity contribution in [3.05, 3.63) is 0 Å². The number of rotatable bonds is 0. The van der Waals surface area contributed by atoms with Crippen molar-refractivity contribution in [2.24, 2.45) is 0 Å². The fraction of sp³-hybridized carbons (Fsp3) is 0. The Balaban J connectivity index is -0.0000000152. The van der Waals surface area contributed by atoms with Crippen molar-refractivity contribution in [3.8, 4) is 0 Å². The van der Waals surface area contributed by atoms with E-state index in [1.807, 2.05) is 20.4 Å². The van der Waals surface area contributed by atoms with Crippen LogP contribution >= 0.6 is 28.9 Å². The molecule has 0 amide bonds. The van der Waals surface area contributed by atoms with Crippen LogP contribution in [0.3, 0.4) is 0 Å². The van der Waals surface area contributed by atoms with Crippen molar-refractivity contribution in [1.29, 1.82) is 0 Å². The first-order chi connectivity index (χ1) is 4.73. The molecule has 0 heterocycles. The van der Waals surface area contributed by atoms with Gasteiger partial charge in [-0.3, -0.25) is 0 Å². The third-order valence-electron chi connectivity index (χ3n) is 0. The molecule has 0 saturated heterocycles. The fourth-order valence-corrected chi connectivity index (χ4v) is 0. The summed E-state index contributed by atoms with van der Waals surface area (Å²) in [5.41, 5.74) is 0. The summed E-state index contributed by atoms with van der Waals surface area (Å²) < 4.78 is 0. The molecule has 0 rings (SSSR count). The van der Waals surface area contributed by atoms with Gasteiger partial charge in [-0.15, -0.1) is 0 Å². The van der Waals surface area contributed by atoms with E-state index in [0.717, 1.165) is 0 Å².